The predicted octanol–water partition coefficient (Wildman–Crippen LogP) is 4.38. The summed E-state index contributed by atoms with van der Waals surface area (Å²) in [5, 5.41) is 1.09. The second-order valence-corrected chi connectivity index (χ2v) is 6.04. The fourth-order valence-corrected chi connectivity index (χ4v) is 2.82. The van der Waals surface area contributed by atoms with Gasteiger partial charge in [-0.2, -0.15) is 0 Å². The average Bonchev–Trinajstić information content (AvgIpc) is 2.59. The number of hydrogen-bond donors (Lipinski definition) is 0. The quantitative estimate of drug-likeness (QED) is 0.738. The molecule has 0 unspecified atom stereocenters. The van der Waals surface area contributed by atoms with Crippen molar-refractivity contribution in [3.05, 3.63) is 63.6 Å². The van der Waals surface area contributed by atoms with Crippen molar-refractivity contribution < 1.29 is 14.3 Å². The van der Waals surface area contributed by atoms with Crippen LogP contribution in [0.4, 0.5) is 5.69 Å². The molecule has 4 nitrogen and oxygen atoms in total. The van der Waals surface area contributed by atoms with E-state index in [0.29, 0.717) is 27.7 Å². The largest absolute Gasteiger partial charge is 0.465 e. The summed E-state index contributed by atoms with van der Waals surface area (Å²) in [5.74, 6) is -0.608. The summed E-state index contributed by atoms with van der Waals surface area (Å²) < 4.78 is 4.76. The molecule has 6 heteroatoms. The molecule has 0 N–H and O–H groups in total. The van der Waals surface area contributed by atoms with Gasteiger partial charge in [-0.3, -0.25) is 4.79 Å². The molecule has 0 aliphatic rings. The molecule has 0 atom stereocenters. The third-order valence-corrected chi connectivity index (χ3v) is 4.26. The normalized spacial score (nSPS) is 10.3. The highest BCUT2D eigenvalue weighted by Gasteiger charge is 2.18. The van der Waals surface area contributed by atoms with Crippen LogP contribution in [0.25, 0.3) is 0 Å². The Morgan fingerprint density at radius 2 is 1.83 bits per heavy atom. The minimum atomic E-state index is -0.481. The lowest BCUT2D eigenvalue weighted by Gasteiger charge is -2.20. The Hall–Kier alpha value is -2.04. The number of aryl methyl sites for hydroxylation is 1. The number of anilines is 1. The maximum atomic E-state index is 12.5. The summed E-state index contributed by atoms with van der Waals surface area (Å²) in [6.45, 7) is 0. The van der Waals surface area contributed by atoms with E-state index >= 15 is 0 Å². The number of ether oxygens (including phenoxy) is 1. The topological polar surface area (TPSA) is 46.6 Å². The van der Waals surface area contributed by atoms with Crippen LogP contribution in [0.2, 0.25) is 10.0 Å². The van der Waals surface area contributed by atoms with E-state index in [1.807, 2.05) is 0 Å². The second kappa shape index (κ2) is 8.18. The van der Waals surface area contributed by atoms with Crippen molar-refractivity contribution >= 4 is 40.8 Å². The SMILES string of the molecule is COC(=O)c1ccccc1N(C)C(=O)CCc1ccc(Cl)cc1Cl. The van der Waals surface area contributed by atoms with Crippen LogP contribution in [0.1, 0.15) is 22.3 Å². The van der Waals surface area contributed by atoms with Gasteiger partial charge in [0.25, 0.3) is 0 Å². The molecular formula is C18H17Cl2NO3. The van der Waals surface area contributed by atoms with E-state index in [0.717, 1.165) is 5.56 Å². The molecule has 126 valence electrons. The van der Waals surface area contributed by atoms with Crippen LogP contribution in [0.15, 0.2) is 42.5 Å². The lowest BCUT2D eigenvalue weighted by atomic mass is 10.1. The van der Waals surface area contributed by atoms with E-state index in [1.54, 1.807) is 49.5 Å². The van der Waals surface area contributed by atoms with Gasteiger partial charge in [-0.25, -0.2) is 4.79 Å². The lowest BCUT2D eigenvalue weighted by molar-refractivity contribution is -0.118. The van der Waals surface area contributed by atoms with Crippen molar-refractivity contribution in [3.8, 4) is 0 Å². The van der Waals surface area contributed by atoms with Crippen LogP contribution < -0.4 is 4.90 Å². The monoisotopic (exact) mass is 365 g/mol. The summed E-state index contributed by atoms with van der Waals surface area (Å²) in [5.41, 5.74) is 1.71. The highest BCUT2D eigenvalue weighted by atomic mass is 35.5. The van der Waals surface area contributed by atoms with E-state index in [2.05, 4.69) is 0 Å². The van der Waals surface area contributed by atoms with E-state index in [4.69, 9.17) is 27.9 Å². The van der Waals surface area contributed by atoms with Crippen molar-refractivity contribution in [1.82, 2.24) is 0 Å². The third-order valence-electron chi connectivity index (χ3n) is 3.67. The number of methoxy groups -OCH3 is 1. The van der Waals surface area contributed by atoms with Gasteiger partial charge < -0.3 is 9.64 Å². The first-order chi connectivity index (χ1) is 11.4. The smallest absolute Gasteiger partial charge is 0.339 e. The zero-order valence-corrected chi connectivity index (χ0v) is 14.9. The van der Waals surface area contributed by atoms with Crippen LogP contribution in [0.5, 0.6) is 0 Å². The molecule has 0 bridgehead atoms. The van der Waals surface area contributed by atoms with E-state index in [-0.39, 0.29) is 12.3 Å². The Morgan fingerprint density at radius 3 is 2.50 bits per heavy atom. The van der Waals surface area contributed by atoms with Gasteiger partial charge in [0, 0.05) is 23.5 Å². The summed E-state index contributed by atoms with van der Waals surface area (Å²) in [7, 11) is 2.94. The molecule has 2 rings (SSSR count). The van der Waals surface area contributed by atoms with E-state index in [9.17, 15) is 9.59 Å². The van der Waals surface area contributed by atoms with E-state index < -0.39 is 5.97 Å². The number of carbonyl (C=O) groups excluding carboxylic acids is 2. The van der Waals surface area contributed by atoms with Gasteiger partial charge >= 0.3 is 5.97 Å². The number of nitrogens with zero attached hydrogens (tertiary/aromatic N) is 1. The fraction of sp³-hybridized carbons (Fsp3) is 0.222. The van der Waals surface area contributed by atoms with E-state index in [1.165, 1.54) is 12.0 Å². The molecule has 1 amide bonds. The van der Waals surface area contributed by atoms with Gasteiger partial charge in [-0.15, -0.1) is 0 Å². The second-order valence-electron chi connectivity index (χ2n) is 5.20. The first-order valence-corrected chi connectivity index (χ1v) is 8.07. The van der Waals surface area contributed by atoms with Gasteiger partial charge in [0.15, 0.2) is 0 Å². The van der Waals surface area contributed by atoms with Crippen molar-refractivity contribution in [1.29, 1.82) is 0 Å². The van der Waals surface area contributed by atoms with Crippen LogP contribution >= 0.6 is 23.2 Å². The molecule has 0 fully saturated rings. The van der Waals surface area contributed by atoms with Gasteiger partial charge in [-0.05, 0) is 36.2 Å². The number of para-hydroxylation sites is 1. The molecular weight excluding hydrogens is 349 g/mol. The molecule has 0 saturated carbocycles. The first-order valence-electron chi connectivity index (χ1n) is 7.32. The van der Waals surface area contributed by atoms with Gasteiger partial charge in [-0.1, -0.05) is 41.4 Å². The minimum Gasteiger partial charge on any atom is -0.465 e. The molecule has 0 heterocycles. The summed E-state index contributed by atoms with van der Waals surface area (Å²) in [6.07, 6.45) is 0.743. The summed E-state index contributed by atoms with van der Waals surface area (Å²) in [6, 6.07) is 12.0. The molecule has 0 saturated heterocycles. The summed E-state index contributed by atoms with van der Waals surface area (Å²) >= 11 is 12.0. The summed E-state index contributed by atoms with van der Waals surface area (Å²) in [4.78, 5) is 25.7. The highest BCUT2D eigenvalue weighted by Crippen LogP contribution is 2.24. The van der Waals surface area contributed by atoms with Gasteiger partial charge in [0.1, 0.15) is 0 Å². The fourth-order valence-electron chi connectivity index (χ4n) is 2.32. The Balaban J connectivity index is 2.11. The zero-order valence-electron chi connectivity index (χ0n) is 13.4. The van der Waals surface area contributed by atoms with Crippen molar-refractivity contribution in [2.24, 2.45) is 0 Å². The molecule has 0 aromatic heterocycles. The first kappa shape index (κ1) is 18.3. The maximum Gasteiger partial charge on any atom is 0.339 e. The molecule has 0 spiro atoms. The molecule has 0 aliphatic carbocycles. The molecule has 0 aliphatic heterocycles. The molecule has 24 heavy (non-hydrogen) atoms. The maximum absolute atomic E-state index is 12.5. The number of esters is 1. The van der Waals surface area contributed by atoms with Gasteiger partial charge in [0.2, 0.25) is 5.91 Å². The average molecular weight is 366 g/mol. The van der Waals surface area contributed by atoms with Crippen molar-refractivity contribution in [2.75, 3.05) is 19.1 Å². The number of carbonyl (C=O) groups is 2. The minimum absolute atomic E-state index is 0.127. The van der Waals surface area contributed by atoms with Crippen LogP contribution in [0, 0.1) is 0 Å². The number of halogens is 2. The number of hydrogen-bond acceptors (Lipinski definition) is 3. The number of benzene rings is 2. The Bertz CT molecular complexity index is 762. The van der Waals surface area contributed by atoms with Gasteiger partial charge in [0.05, 0.1) is 18.4 Å². The Labute approximate surface area is 150 Å². The number of amides is 1. The highest BCUT2D eigenvalue weighted by molar-refractivity contribution is 6.35. The standard InChI is InChI=1S/C18H17Cl2NO3/c1-21(16-6-4-3-5-14(16)18(23)24-2)17(22)10-8-12-7-9-13(19)11-15(12)20/h3-7,9,11H,8,10H2,1-2H3. The van der Waals surface area contributed by atoms with Crippen LogP contribution in [-0.4, -0.2) is 26.0 Å². The van der Waals surface area contributed by atoms with Crippen molar-refractivity contribution in [3.63, 3.8) is 0 Å². The molecule has 2 aromatic rings. The lowest BCUT2D eigenvalue weighted by Crippen LogP contribution is -2.28. The molecule has 2 aromatic carbocycles. The van der Waals surface area contributed by atoms with Crippen molar-refractivity contribution in [2.45, 2.75) is 12.8 Å². The predicted molar refractivity (Wildman–Crippen MR) is 96.0 cm³/mol. The van der Waals surface area contributed by atoms with Crippen LogP contribution in [-0.2, 0) is 16.0 Å². The Kier molecular flexibility index (Phi) is 6.23. The third kappa shape index (κ3) is 4.28. The van der Waals surface area contributed by atoms with Crippen LogP contribution in [0.3, 0.4) is 0 Å². The zero-order chi connectivity index (χ0) is 17.7. The number of rotatable bonds is 5. The molecule has 0 radical (unpaired) electrons. The Morgan fingerprint density at radius 1 is 1.12 bits per heavy atom.